The fourth-order valence-electron chi connectivity index (χ4n) is 3.06. The molecule has 0 aliphatic heterocycles. The Balaban J connectivity index is 1.84. The summed E-state index contributed by atoms with van der Waals surface area (Å²) in [4.78, 5) is 22.9. The number of aromatic nitrogens is 1. The molecule has 1 aromatic heterocycles. The molecule has 7 nitrogen and oxygen atoms in total. The van der Waals surface area contributed by atoms with Crippen LogP contribution >= 0.6 is 11.6 Å². The van der Waals surface area contributed by atoms with Crippen molar-refractivity contribution >= 4 is 50.1 Å². The molecule has 0 radical (unpaired) electrons. The maximum Gasteiger partial charge on any atom is 0.305 e. The normalized spacial score (nSPS) is 11.0. The fourth-order valence-corrected chi connectivity index (χ4v) is 4.34. The van der Waals surface area contributed by atoms with Crippen LogP contribution in [0.15, 0.2) is 53.6 Å². The number of nitrogens with one attached hydrogen (secondary N) is 1. The third-order valence-electron chi connectivity index (χ3n) is 4.67. The average molecular weight is 473 g/mol. The second kappa shape index (κ2) is 9.90. The third-order valence-corrected chi connectivity index (χ3v) is 6.27. The van der Waals surface area contributed by atoms with E-state index in [1.165, 1.54) is 30.7 Å². The van der Waals surface area contributed by atoms with Crippen molar-refractivity contribution in [2.45, 2.75) is 31.1 Å². The molecule has 0 fully saturated rings. The lowest BCUT2D eigenvalue weighted by Gasteiger charge is -2.11. The summed E-state index contributed by atoms with van der Waals surface area (Å²) >= 11 is 6.06. The lowest BCUT2D eigenvalue weighted by Crippen LogP contribution is -2.14. The van der Waals surface area contributed by atoms with Gasteiger partial charge in [0.25, 0.3) is 10.0 Å². The summed E-state index contributed by atoms with van der Waals surface area (Å²) in [5.74, 6) is 5.37. The van der Waals surface area contributed by atoms with Gasteiger partial charge >= 0.3 is 5.97 Å². The number of carbonyl (C=O) groups excluding carboxylic acids is 2. The minimum Gasteiger partial charge on any atom is -0.469 e. The zero-order valence-electron chi connectivity index (χ0n) is 17.5. The van der Waals surface area contributed by atoms with Gasteiger partial charge in [-0.05, 0) is 48.9 Å². The van der Waals surface area contributed by atoms with Crippen LogP contribution in [0.25, 0.3) is 10.9 Å². The minimum atomic E-state index is -3.92. The Morgan fingerprint density at radius 1 is 1.16 bits per heavy atom. The number of halogens is 1. The average Bonchev–Trinajstić information content (AvgIpc) is 3.18. The molecule has 0 bridgehead atoms. The molecular formula is C23H21ClN2O5S. The van der Waals surface area contributed by atoms with Crippen LogP contribution < -0.4 is 4.72 Å². The molecule has 166 valence electrons. The highest BCUT2D eigenvalue weighted by Crippen LogP contribution is 2.25. The Hall–Kier alpha value is -3.28. The molecule has 3 rings (SSSR count). The molecule has 9 heteroatoms. The molecule has 0 atom stereocenters. The van der Waals surface area contributed by atoms with Crippen molar-refractivity contribution in [1.82, 2.24) is 4.57 Å². The molecular weight excluding hydrogens is 452 g/mol. The summed E-state index contributed by atoms with van der Waals surface area (Å²) in [7, 11) is -2.59. The molecule has 0 aliphatic carbocycles. The van der Waals surface area contributed by atoms with Crippen molar-refractivity contribution in [3.8, 4) is 11.8 Å². The van der Waals surface area contributed by atoms with E-state index >= 15 is 0 Å². The minimum absolute atomic E-state index is 0.0539. The summed E-state index contributed by atoms with van der Waals surface area (Å²) in [5.41, 5.74) is 1.33. The van der Waals surface area contributed by atoms with Crippen molar-refractivity contribution in [3.05, 3.63) is 59.2 Å². The summed E-state index contributed by atoms with van der Waals surface area (Å²) in [5, 5.41) is 1.05. The lowest BCUT2D eigenvalue weighted by atomic mass is 10.1. The van der Waals surface area contributed by atoms with Gasteiger partial charge in [0.2, 0.25) is 5.91 Å². The molecule has 1 N–H and O–H groups in total. The number of hydrogen-bond donors (Lipinski definition) is 1. The number of fused-ring (bicyclic) bond motifs is 1. The maximum atomic E-state index is 13.0. The number of benzene rings is 2. The van der Waals surface area contributed by atoms with E-state index in [1.807, 2.05) is 0 Å². The zero-order valence-corrected chi connectivity index (χ0v) is 19.1. The second-order valence-electron chi connectivity index (χ2n) is 6.95. The summed E-state index contributed by atoms with van der Waals surface area (Å²) in [6.07, 6.45) is 2.83. The summed E-state index contributed by atoms with van der Waals surface area (Å²) in [6.45, 7) is 1.43. The van der Waals surface area contributed by atoms with Crippen molar-refractivity contribution in [3.63, 3.8) is 0 Å². The molecule has 2 aromatic carbocycles. The van der Waals surface area contributed by atoms with Crippen LogP contribution in [0.5, 0.6) is 0 Å². The first-order chi connectivity index (χ1) is 15.2. The first-order valence-corrected chi connectivity index (χ1v) is 11.6. The van der Waals surface area contributed by atoms with Crippen LogP contribution in [-0.4, -0.2) is 32.0 Å². The molecule has 0 aliphatic rings. The van der Waals surface area contributed by atoms with Gasteiger partial charge in [-0.3, -0.25) is 18.9 Å². The highest BCUT2D eigenvalue weighted by Gasteiger charge is 2.17. The molecule has 0 saturated carbocycles. The molecule has 0 amide bonds. The van der Waals surface area contributed by atoms with Gasteiger partial charge in [-0.15, -0.1) is 0 Å². The van der Waals surface area contributed by atoms with E-state index < -0.39 is 10.0 Å². The number of carbonyl (C=O) groups is 2. The van der Waals surface area contributed by atoms with Crippen LogP contribution in [0.4, 0.5) is 5.69 Å². The van der Waals surface area contributed by atoms with Crippen molar-refractivity contribution in [2.24, 2.45) is 0 Å². The van der Waals surface area contributed by atoms with E-state index in [2.05, 4.69) is 21.3 Å². The van der Waals surface area contributed by atoms with Gasteiger partial charge in [0, 0.05) is 36.4 Å². The SMILES string of the molecule is COC(=O)CCCC#Cc1cc(Cl)ccc1NS(=O)(=O)c1ccc2c(ccn2C(C)=O)c1. The number of nitrogens with zero attached hydrogens (tertiary/aromatic N) is 1. The molecule has 0 spiro atoms. The van der Waals surface area contributed by atoms with Gasteiger partial charge in [-0.1, -0.05) is 23.4 Å². The van der Waals surface area contributed by atoms with Gasteiger partial charge in [0.05, 0.1) is 28.8 Å². The number of esters is 1. The van der Waals surface area contributed by atoms with Gasteiger partial charge < -0.3 is 4.74 Å². The predicted molar refractivity (Wildman–Crippen MR) is 123 cm³/mol. The van der Waals surface area contributed by atoms with Crippen LogP contribution in [0.2, 0.25) is 5.02 Å². The van der Waals surface area contributed by atoms with Crippen molar-refractivity contribution in [1.29, 1.82) is 0 Å². The van der Waals surface area contributed by atoms with Crippen molar-refractivity contribution in [2.75, 3.05) is 11.8 Å². The topological polar surface area (TPSA) is 94.5 Å². The van der Waals surface area contributed by atoms with E-state index in [0.717, 1.165) is 0 Å². The molecule has 1 heterocycles. The predicted octanol–water partition coefficient (Wildman–Crippen LogP) is 4.45. The smallest absolute Gasteiger partial charge is 0.305 e. The third kappa shape index (κ3) is 5.49. The van der Waals surface area contributed by atoms with Gasteiger partial charge in [-0.25, -0.2) is 8.42 Å². The quantitative estimate of drug-likeness (QED) is 0.325. The van der Waals surface area contributed by atoms with Crippen LogP contribution in [0.1, 0.15) is 36.5 Å². The Bertz CT molecular complexity index is 1350. The lowest BCUT2D eigenvalue weighted by molar-refractivity contribution is -0.140. The Morgan fingerprint density at radius 3 is 2.66 bits per heavy atom. The first kappa shape index (κ1) is 23.4. The standard InChI is InChI=1S/C23H21ClN2O5S/c1-16(27)26-13-12-18-15-20(9-11-22(18)26)32(29,30)25-21-10-8-19(24)14-17(21)6-4-3-5-7-23(28)31-2/h8-15,25H,3,5,7H2,1-2H3. The Labute approximate surface area is 191 Å². The van der Waals surface area contributed by atoms with Crippen LogP contribution in [0.3, 0.4) is 0 Å². The number of anilines is 1. The number of ether oxygens (including phenoxy) is 1. The number of sulfonamides is 1. The van der Waals surface area contributed by atoms with E-state index in [0.29, 0.717) is 34.3 Å². The van der Waals surface area contributed by atoms with E-state index in [1.54, 1.807) is 36.5 Å². The number of unbranched alkanes of at least 4 members (excludes halogenated alkanes) is 1. The fraction of sp³-hybridized carbons (Fsp3) is 0.217. The van der Waals surface area contributed by atoms with Crippen LogP contribution in [-0.2, 0) is 19.6 Å². The van der Waals surface area contributed by atoms with E-state index in [-0.39, 0.29) is 28.9 Å². The number of methoxy groups -OCH3 is 1. The molecule has 0 saturated heterocycles. The van der Waals surface area contributed by atoms with Crippen LogP contribution in [0, 0.1) is 11.8 Å². The summed E-state index contributed by atoms with van der Waals surface area (Å²) < 4.78 is 34.6. The second-order valence-corrected chi connectivity index (χ2v) is 9.07. The van der Waals surface area contributed by atoms with Gasteiger partial charge in [-0.2, -0.15) is 0 Å². The number of rotatable bonds is 6. The Morgan fingerprint density at radius 2 is 1.94 bits per heavy atom. The van der Waals surface area contributed by atoms with Crippen molar-refractivity contribution < 1.29 is 22.7 Å². The zero-order chi connectivity index (χ0) is 23.3. The first-order valence-electron chi connectivity index (χ1n) is 9.71. The molecule has 0 unspecified atom stereocenters. The highest BCUT2D eigenvalue weighted by atomic mass is 35.5. The largest absolute Gasteiger partial charge is 0.469 e. The van der Waals surface area contributed by atoms with E-state index in [4.69, 9.17) is 11.6 Å². The number of hydrogen-bond acceptors (Lipinski definition) is 5. The maximum absolute atomic E-state index is 13.0. The molecule has 32 heavy (non-hydrogen) atoms. The van der Waals surface area contributed by atoms with Gasteiger partial charge in [0.1, 0.15) is 0 Å². The highest BCUT2D eigenvalue weighted by molar-refractivity contribution is 7.92. The van der Waals surface area contributed by atoms with E-state index in [9.17, 15) is 18.0 Å². The Kier molecular flexibility index (Phi) is 7.23. The monoisotopic (exact) mass is 472 g/mol. The summed E-state index contributed by atoms with van der Waals surface area (Å²) in [6, 6.07) is 10.9. The van der Waals surface area contributed by atoms with Gasteiger partial charge in [0.15, 0.2) is 0 Å². The molecule has 3 aromatic rings.